The van der Waals surface area contributed by atoms with Crippen LogP contribution in [0.1, 0.15) is 26.3 Å². The standard InChI is InChI=1S/C15H9AsClNO5S/c17-24(22,23)11-3-1-2-10(7-11)14(19)16-13-5-4-9(8-18)6-12(13)15(20)21/h1-7,16H,(H,20,21). The van der Waals surface area contributed by atoms with E-state index in [2.05, 4.69) is 0 Å². The summed E-state index contributed by atoms with van der Waals surface area (Å²) in [5, 5.41) is 18.1. The molecule has 1 unspecified atom stereocenters. The number of nitriles is 1. The quantitative estimate of drug-likeness (QED) is 0.567. The molecule has 6 nitrogen and oxygen atoms in total. The van der Waals surface area contributed by atoms with E-state index in [4.69, 9.17) is 15.9 Å². The van der Waals surface area contributed by atoms with Crippen LogP contribution in [-0.2, 0) is 9.05 Å². The predicted molar refractivity (Wildman–Crippen MR) is 88.7 cm³/mol. The molecule has 0 heterocycles. The maximum absolute atomic E-state index is 12.4. The number of halogens is 1. The van der Waals surface area contributed by atoms with Gasteiger partial charge in [-0.25, -0.2) is 0 Å². The zero-order chi connectivity index (χ0) is 17.9. The normalized spacial score (nSPS) is 11.3. The van der Waals surface area contributed by atoms with Gasteiger partial charge in [0.25, 0.3) is 0 Å². The van der Waals surface area contributed by atoms with Gasteiger partial charge in [-0.3, -0.25) is 0 Å². The van der Waals surface area contributed by atoms with E-state index in [0.717, 1.165) is 6.07 Å². The molecule has 122 valence electrons. The fraction of sp³-hybridized carbons (Fsp3) is 0. The Morgan fingerprint density at radius 2 is 1.88 bits per heavy atom. The van der Waals surface area contributed by atoms with E-state index in [0.29, 0.717) is 4.35 Å². The summed E-state index contributed by atoms with van der Waals surface area (Å²) in [7, 11) is 1.30. The van der Waals surface area contributed by atoms with Crippen molar-refractivity contribution in [3.63, 3.8) is 0 Å². The van der Waals surface area contributed by atoms with Crippen molar-refractivity contribution in [2.45, 2.75) is 4.90 Å². The Labute approximate surface area is 148 Å². The number of rotatable bonds is 5. The van der Waals surface area contributed by atoms with Crippen LogP contribution < -0.4 is 4.35 Å². The summed E-state index contributed by atoms with van der Waals surface area (Å²) in [6.07, 6.45) is 0. The minimum atomic E-state index is -3.96. The van der Waals surface area contributed by atoms with Gasteiger partial charge in [-0.15, -0.1) is 0 Å². The zero-order valence-electron chi connectivity index (χ0n) is 11.9. The van der Waals surface area contributed by atoms with Crippen molar-refractivity contribution < 1.29 is 23.1 Å². The average Bonchev–Trinajstić information content (AvgIpc) is 2.54. The van der Waals surface area contributed by atoms with Gasteiger partial charge in [-0.05, 0) is 0 Å². The maximum atomic E-state index is 12.4. The van der Waals surface area contributed by atoms with Gasteiger partial charge in [0.15, 0.2) is 0 Å². The van der Waals surface area contributed by atoms with Crippen LogP contribution in [0.3, 0.4) is 0 Å². The summed E-state index contributed by atoms with van der Waals surface area (Å²) in [5.41, 5.74) is 0.242. The molecule has 2 aromatic rings. The Kier molecular flexibility index (Phi) is 5.45. The molecule has 0 spiro atoms. The minimum absolute atomic E-state index is 0.0940. The summed E-state index contributed by atoms with van der Waals surface area (Å²) in [4.78, 5) is 23.5. The van der Waals surface area contributed by atoms with Gasteiger partial charge in [-0.2, -0.15) is 0 Å². The van der Waals surface area contributed by atoms with Crippen molar-refractivity contribution in [3.8, 4) is 6.07 Å². The molecule has 24 heavy (non-hydrogen) atoms. The second-order valence-corrected chi connectivity index (χ2v) is 9.77. The predicted octanol–water partition coefficient (Wildman–Crippen LogP) is 1.09. The number of hydrogen-bond acceptors (Lipinski definition) is 5. The molecule has 0 saturated heterocycles. The first-order valence-electron chi connectivity index (χ1n) is 6.36. The van der Waals surface area contributed by atoms with Crippen LogP contribution in [-0.4, -0.2) is 39.8 Å². The van der Waals surface area contributed by atoms with E-state index in [1.165, 1.54) is 36.4 Å². The fourth-order valence-electron chi connectivity index (χ4n) is 1.88. The summed E-state index contributed by atoms with van der Waals surface area (Å²) >= 11 is -1.56. The molecule has 2 aromatic carbocycles. The number of carboxylic acid groups (broad SMARTS) is 1. The van der Waals surface area contributed by atoms with Crippen LogP contribution in [0.4, 0.5) is 0 Å². The number of benzene rings is 2. The molecule has 0 aliphatic heterocycles. The Balaban J connectivity index is 2.38. The molecule has 9 heteroatoms. The van der Waals surface area contributed by atoms with E-state index in [9.17, 15) is 23.1 Å². The number of carbonyl (C=O) groups is 2. The monoisotopic (exact) mass is 425 g/mol. The molecule has 2 rings (SSSR count). The van der Waals surface area contributed by atoms with E-state index < -0.39 is 30.8 Å². The van der Waals surface area contributed by atoms with Gasteiger partial charge >= 0.3 is 149 Å². The number of nitrogens with zero attached hydrogens (tertiary/aromatic N) is 1. The van der Waals surface area contributed by atoms with Gasteiger partial charge in [0, 0.05) is 0 Å². The Morgan fingerprint density at radius 1 is 1.17 bits per heavy atom. The van der Waals surface area contributed by atoms with Crippen LogP contribution in [0.15, 0.2) is 47.4 Å². The van der Waals surface area contributed by atoms with Gasteiger partial charge in [0.2, 0.25) is 0 Å². The van der Waals surface area contributed by atoms with E-state index in [1.54, 1.807) is 0 Å². The van der Waals surface area contributed by atoms with Crippen molar-refractivity contribution in [2.24, 2.45) is 0 Å². The molecular weight excluding hydrogens is 417 g/mol. The van der Waals surface area contributed by atoms with Crippen molar-refractivity contribution >= 4 is 50.4 Å². The molecule has 0 saturated carbocycles. The molecule has 0 amide bonds. The third kappa shape index (κ3) is 4.24. The summed E-state index contributed by atoms with van der Waals surface area (Å²) in [5.74, 6) is -1.23. The Hall–Kier alpha value is -2.13. The van der Waals surface area contributed by atoms with E-state index in [-0.39, 0.29) is 26.2 Å². The molecular formula is C15H9AsClNO5S. The first kappa shape index (κ1) is 18.2. The number of aromatic carboxylic acids is 1. The van der Waals surface area contributed by atoms with Crippen LogP contribution in [0.25, 0.3) is 0 Å². The van der Waals surface area contributed by atoms with E-state index >= 15 is 0 Å². The second-order valence-electron chi connectivity index (χ2n) is 4.60. The number of carboxylic acids is 1. The molecule has 0 radical (unpaired) electrons. The number of hydrogen-bond donors (Lipinski definition) is 1. The Bertz CT molecular complexity index is 982. The second kappa shape index (κ2) is 7.18. The van der Waals surface area contributed by atoms with Crippen LogP contribution >= 0.6 is 10.7 Å². The van der Waals surface area contributed by atoms with Crippen molar-refractivity contribution in [1.29, 1.82) is 5.26 Å². The summed E-state index contributed by atoms with van der Waals surface area (Å²) in [6, 6.07) is 11.2. The van der Waals surface area contributed by atoms with Gasteiger partial charge in [0.1, 0.15) is 0 Å². The third-order valence-electron chi connectivity index (χ3n) is 3.01. The summed E-state index contributed by atoms with van der Waals surface area (Å²) in [6.45, 7) is 0. The molecule has 0 aliphatic rings. The average molecular weight is 426 g/mol. The molecule has 0 bridgehead atoms. The van der Waals surface area contributed by atoms with E-state index in [1.807, 2.05) is 6.07 Å². The topological polar surface area (TPSA) is 112 Å². The van der Waals surface area contributed by atoms with Crippen molar-refractivity contribution in [1.82, 2.24) is 0 Å². The van der Waals surface area contributed by atoms with Crippen molar-refractivity contribution in [3.05, 3.63) is 59.2 Å². The van der Waals surface area contributed by atoms with Crippen LogP contribution in [0, 0.1) is 11.3 Å². The first-order valence-corrected chi connectivity index (χ1v) is 10.8. The molecule has 0 fully saturated rings. The first-order chi connectivity index (χ1) is 11.2. The third-order valence-corrected chi connectivity index (χ3v) is 6.92. The van der Waals surface area contributed by atoms with Gasteiger partial charge < -0.3 is 0 Å². The van der Waals surface area contributed by atoms with Crippen LogP contribution in [0.2, 0.25) is 0 Å². The fourth-order valence-corrected chi connectivity index (χ4v) is 4.83. The van der Waals surface area contributed by atoms with Crippen LogP contribution in [0.5, 0.6) is 0 Å². The molecule has 1 N–H and O–H groups in total. The SMILES string of the molecule is N#Cc1ccc([AsH]C(=O)c2cccc(S(=O)(=O)Cl)c2)c(C(=O)O)c1. The van der Waals surface area contributed by atoms with Crippen molar-refractivity contribution in [2.75, 3.05) is 0 Å². The zero-order valence-corrected chi connectivity index (χ0v) is 15.5. The Morgan fingerprint density at radius 3 is 2.46 bits per heavy atom. The van der Waals surface area contributed by atoms with Gasteiger partial charge in [-0.1, -0.05) is 0 Å². The molecule has 1 atom stereocenters. The van der Waals surface area contributed by atoms with Gasteiger partial charge in [0.05, 0.1) is 0 Å². The molecule has 0 aliphatic carbocycles. The number of carbonyl (C=O) groups excluding carboxylic acids is 1. The molecule has 0 aromatic heterocycles. The summed E-state index contributed by atoms with van der Waals surface area (Å²) < 4.78 is 22.7.